The number of β-amino-alcohol motifs (C(OH)–C–C–N with tert-alkyl or cyclic N) is 1. The van der Waals surface area contributed by atoms with Crippen LogP contribution in [-0.2, 0) is 14.3 Å². The fourth-order valence-corrected chi connectivity index (χ4v) is 4.90. The number of carbonyl (C=O) groups is 1. The minimum atomic E-state index is -4.24. The van der Waals surface area contributed by atoms with Crippen molar-refractivity contribution >= 4 is 5.91 Å². The maximum atomic E-state index is 12.7. The average Bonchev–Trinajstić information content (AvgIpc) is 2.69. The lowest BCUT2D eigenvalue weighted by Gasteiger charge is -2.44. The molecule has 0 aromatic rings. The topological polar surface area (TPSA) is 71.0 Å². The fraction of sp³-hybridized carbons (Fsp3) is 0.952. The third-order valence-electron chi connectivity index (χ3n) is 6.50. The molecule has 0 aromatic heterocycles. The Kier molecular flexibility index (Phi) is 8.80. The van der Waals surface area contributed by atoms with Gasteiger partial charge in [-0.3, -0.25) is 9.69 Å². The van der Waals surface area contributed by atoms with Crippen molar-refractivity contribution in [2.75, 3.05) is 32.8 Å². The largest absolute Gasteiger partial charge is 0.390 e. The van der Waals surface area contributed by atoms with Crippen LogP contribution >= 0.6 is 0 Å². The molecule has 30 heavy (non-hydrogen) atoms. The van der Waals surface area contributed by atoms with Gasteiger partial charge < -0.3 is 19.9 Å². The van der Waals surface area contributed by atoms with Crippen molar-refractivity contribution in [1.29, 1.82) is 0 Å². The molecule has 2 saturated heterocycles. The van der Waals surface area contributed by atoms with Gasteiger partial charge in [0.25, 0.3) is 0 Å². The lowest BCUT2D eigenvalue weighted by atomic mass is 9.89. The molecule has 3 rings (SSSR count). The zero-order chi connectivity index (χ0) is 21.6. The van der Waals surface area contributed by atoms with E-state index >= 15 is 0 Å². The van der Waals surface area contributed by atoms with Gasteiger partial charge in [-0.25, -0.2) is 0 Å². The first kappa shape index (κ1) is 23.8. The summed E-state index contributed by atoms with van der Waals surface area (Å²) in [6.07, 6.45) is 0.947. The number of nitrogens with one attached hydrogen (secondary N) is 1. The highest BCUT2D eigenvalue weighted by Crippen LogP contribution is 2.29. The van der Waals surface area contributed by atoms with E-state index < -0.39 is 24.8 Å². The molecule has 2 aliphatic heterocycles. The number of aliphatic hydroxyl groups is 1. The number of aliphatic hydroxyl groups excluding tert-OH is 1. The molecule has 3 aliphatic rings. The van der Waals surface area contributed by atoms with E-state index in [1.807, 2.05) is 0 Å². The molecule has 4 atom stereocenters. The van der Waals surface area contributed by atoms with Crippen molar-refractivity contribution in [3.63, 3.8) is 0 Å². The first-order valence-corrected chi connectivity index (χ1v) is 11.3. The highest BCUT2D eigenvalue weighted by atomic mass is 19.4. The van der Waals surface area contributed by atoms with Crippen molar-refractivity contribution in [3.05, 3.63) is 0 Å². The number of fused-ring (bicyclic) bond motifs is 1. The Morgan fingerprint density at radius 3 is 2.60 bits per heavy atom. The number of alkyl halides is 3. The zero-order valence-electron chi connectivity index (χ0n) is 17.5. The number of ether oxygens (including phenoxy) is 2. The van der Waals surface area contributed by atoms with Gasteiger partial charge in [-0.2, -0.15) is 13.2 Å². The lowest BCUT2D eigenvalue weighted by molar-refractivity contribution is -0.169. The van der Waals surface area contributed by atoms with E-state index in [4.69, 9.17) is 9.47 Å². The van der Waals surface area contributed by atoms with Crippen LogP contribution in [0.15, 0.2) is 0 Å². The number of rotatable bonds is 6. The summed E-state index contributed by atoms with van der Waals surface area (Å²) in [7, 11) is 0. The van der Waals surface area contributed by atoms with Crippen molar-refractivity contribution in [2.45, 2.75) is 88.3 Å². The molecule has 1 amide bonds. The maximum absolute atomic E-state index is 12.7. The summed E-state index contributed by atoms with van der Waals surface area (Å²) in [4.78, 5) is 14.1. The third kappa shape index (κ3) is 7.66. The number of hydrogen-bond donors (Lipinski definition) is 2. The summed E-state index contributed by atoms with van der Waals surface area (Å²) in [6.45, 7) is 0.959. The summed E-state index contributed by atoms with van der Waals surface area (Å²) in [5.74, 6) is 0.534. The van der Waals surface area contributed by atoms with E-state index in [-0.39, 0.29) is 50.8 Å². The Hall–Kier alpha value is -0.900. The molecule has 3 fully saturated rings. The Morgan fingerprint density at radius 1 is 1.10 bits per heavy atom. The second-order valence-corrected chi connectivity index (χ2v) is 9.00. The normalized spacial score (nSPS) is 32.1. The molecule has 6 nitrogen and oxygen atoms in total. The predicted octanol–water partition coefficient (Wildman–Crippen LogP) is 2.63. The molecule has 9 heteroatoms. The monoisotopic (exact) mass is 436 g/mol. The summed E-state index contributed by atoms with van der Waals surface area (Å²) in [5.41, 5.74) is 0. The quantitative estimate of drug-likeness (QED) is 0.670. The van der Waals surface area contributed by atoms with Crippen LogP contribution in [0.5, 0.6) is 0 Å². The highest BCUT2D eigenvalue weighted by molar-refractivity contribution is 5.76. The van der Waals surface area contributed by atoms with Crippen LogP contribution in [0, 0.1) is 5.92 Å². The minimum Gasteiger partial charge on any atom is -0.389 e. The third-order valence-corrected chi connectivity index (χ3v) is 6.50. The van der Waals surface area contributed by atoms with E-state index in [0.717, 1.165) is 0 Å². The predicted molar refractivity (Wildman–Crippen MR) is 105 cm³/mol. The van der Waals surface area contributed by atoms with Gasteiger partial charge in [-0.1, -0.05) is 19.3 Å². The molecular weight excluding hydrogens is 401 g/mol. The molecule has 0 aromatic carbocycles. The Labute approximate surface area is 176 Å². The Bertz CT molecular complexity index is 543. The van der Waals surface area contributed by atoms with E-state index in [1.165, 1.54) is 32.1 Å². The van der Waals surface area contributed by atoms with Crippen molar-refractivity contribution in [2.24, 2.45) is 5.92 Å². The standard InChI is InChI=1S/C21H35F3N2O4/c22-21(23,24)8-9-26-12-16(27)13-29-14-19-18(26)7-6-17(30-19)10-20(28)25-11-15-4-2-1-3-5-15/h15-19,27H,1-14H2,(H,25,28)/t16-,17-,18+,19-/m0/s1. The molecule has 0 radical (unpaired) electrons. The van der Waals surface area contributed by atoms with Gasteiger partial charge >= 0.3 is 6.18 Å². The molecule has 1 saturated carbocycles. The van der Waals surface area contributed by atoms with Crippen molar-refractivity contribution < 1.29 is 32.5 Å². The van der Waals surface area contributed by atoms with Crippen LogP contribution in [0.4, 0.5) is 13.2 Å². The van der Waals surface area contributed by atoms with Gasteiger partial charge in [-0.05, 0) is 31.6 Å². The van der Waals surface area contributed by atoms with Crippen LogP contribution in [0.1, 0.15) is 57.8 Å². The highest BCUT2D eigenvalue weighted by Gasteiger charge is 2.39. The molecule has 0 bridgehead atoms. The Morgan fingerprint density at radius 2 is 1.87 bits per heavy atom. The van der Waals surface area contributed by atoms with Gasteiger partial charge in [0.1, 0.15) is 0 Å². The van der Waals surface area contributed by atoms with Gasteiger partial charge in [-0.15, -0.1) is 0 Å². The fourth-order valence-electron chi connectivity index (χ4n) is 4.90. The summed E-state index contributed by atoms with van der Waals surface area (Å²) in [5, 5.41) is 13.0. The summed E-state index contributed by atoms with van der Waals surface area (Å²) < 4.78 is 49.8. The molecule has 2 heterocycles. The van der Waals surface area contributed by atoms with E-state index in [1.54, 1.807) is 4.90 Å². The average molecular weight is 437 g/mol. The smallest absolute Gasteiger partial charge is 0.389 e. The molecule has 1 aliphatic carbocycles. The second kappa shape index (κ2) is 11.1. The van der Waals surface area contributed by atoms with Crippen LogP contribution in [0.2, 0.25) is 0 Å². The number of carbonyl (C=O) groups excluding carboxylic acids is 1. The maximum Gasteiger partial charge on any atom is 0.390 e. The molecule has 174 valence electrons. The summed E-state index contributed by atoms with van der Waals surface area (Å²) in [6, 6.07) is -0.246. The Balaban J connectivity index is 1.49. The van der Waals surface area contributed by atoms with Gasteiger partial charge in [0.2, 0.25) is 5.91 Å². The lowest BCUT2D eigenvalue weighted by Crippen LogP contribution is -2.56. The van der Waals surface area contributed by atoms with Crippen LogP contribution in [-0.4, -0.2) is 79.3 Å². The SMILES string of the molecule is O=C(C[C@@H]1CC[C@@H]2[C@H](COC[C@@H](O)CN2CCC(F)(F)F)O1)NCC1CCCCC1. The minimum absolute atomic E-state index is 0.0277. The van der Waals surface area contributed by atoms with Gasteiger partial charge in [0.15, 0.2) is 0 Å². The molecular formula is C21H35F3N2O4. The molecule has 0 spiro atoms. The first-order valence-electron chi connectivity index (χ1n) is 11.3. The number of halogens is 3. The second-order valence-electron chi connectivity index (χ2n) is 9.00. The number of hydrogen-bond acceptors (Lipinski definition) is 5. The van der Waals surface area contributed by atoms with E-state index in [2.05, 4.69) is 5.32 Å². The van der Waals surface area contributed by atoms with Crippen LogP contribution in [0.25, 0.3) is 0 Å². The first-order chi connectivity index (χ1) is 14.3. The number of amides is 1. The van der Waals surface area contributed by atoms with Crippen LogP contribution in [0.3, 0.4) is 0 Å². The van der Waals surface area contributed by atoms with E-state index in [0.29, 0.717) is 25.3 Å². The van der Waals surface area contributed by atoms with Crippen molar-refractivity contribution in [1.82, 2.24) is 10.2 Å². The summed E-state index contributed by atoms with van der Waals surface area (Å²) >= 11 is 0. The van der Waals surface area contributed by atoms with Gasteiger partial charge in [0.05, 0.1) is 44.4 Å². The number of nitrogens with zero attached hydrogens (tertiary/aromatic N) is 1. The molecule has 2 N–H and O–H groups in total. The zero-order valence-corrected chi connectivity index (χ0v) is 17.5. The van der Waals surface area contributed by atoms with Gasteiger partial charge in [0, 0.05) is 25.7 Å². The van der Waals surface area contributed by atoms with Crippen LogP contribution < -0.4 is 5.32 Å². The van der Waals surface area contributed by atoms with E-state index in [9.17, 15) is 23.1 Å². The van der Waals surface area contributed by atoms with Crippen molar-refractivity contribution in [3.8, 4) is 0 Å². The molecule has 0 unspecified atom stereocenters.